The van der Waals surface area contributed by atoms with Crippen molar-refractivity contribution >= 4 is 17.9 Å². The maximum atomic E-state index is 14.0. The van der Waals surface area contributed by atoms with Gasteiger partial charge in [-0.3, -0.25) is 4.99 Å². The van der Waals surface area contributed by atoms with Crippen molar-refractivity contribution in [2.45, 2.75) is 18.9 Å². The summed E-state index contributed by atoms with van der Waals surface area (Å²) in [5.74, 6) is -10.2. The number of halogens is 4. The van der Waals surface area contributed by atoms with Crippen LogP contribution in [0, 0.1) is 23.3 Å². The molecular formula is C17H17F4NO5. The van der Waals surface area contributed by atoms with Crippen LogP contribution in [0.1, 0.15) is 18.9 Å². The van der Waals surface area contributed by atoms with Crippen LogP contribution in [0.15, 0.2) is 16.6 Å². The fourth-order valence-electron chi connectivity index (χ4n) is 2.37. The van der Waals surface area contributed by atoms with E-state index in [4.69, 9.17) is 9.47 Å². The van der Waals surface area contributed by atoms with Crippen LogP contribution in [0.5, 0.6) is 0 Å². The topological polar surface area (TPSA) is 88.4 Å². The molecule has 1 unspecified atom stereocenters. The fraction of sp³-hybridized carbons (Fsp3) is 0.412. The molecule has 2 N–H and O–H groups in total. The van der Waals surface area contributed by atoms with Crippen molar-refractivity contribution in [2.75, 3.05) is 26.4 Å². The quantitative estimate of drug-likeness (QED) is 0.148. The number of nitrogens with zero attached hydrogens (tertiary/aromatic N) is 1. The summed E-state index contributed by atoms with van der Waals surface area (Å²) < 4.78 is 63.8. The highest BCUT2D eigenvalue weighted by atomic mass is 19.2. The summed E-state index contributed by atoms with van der Waals surface area (Å²) >= 11 is 0. The highest BCUT2D eigenvalue weighted by Gasteiger charge is 2.34. The molecule has 1 aliphatic rings. The van der Waals surface area contributed by atoms with Crippen LogP contribution >= 0.6 is 0 Å². The predicted octanol–water partition coefficient (Wildman–Crippen LogP) is 2.30. The van der Waals surface area contributed by atoms with E-state index < -0.39 is 58.3 Å². The van der Waals surface area contributed by atoms with E-state index in [9.17, 15) is 32.6 Å². The Morgan fingerprint density at radius 1 is 1.33 bits per heavy atom. The summed E-state index contributed by atoms with van der Waals surface area (Å²) in [6.45, 7) is 1.23. The van der Waals surface area contributed by atoms with Crippen molar-refractivity contribution in [1.82, 2.24) is 0 Å². The number of aliphatic hydroxyl groups excluding tert-OH is 2. The molecule has 1 heterocycles. The molecule has 1 aromatic carbocycles. The normalized spacial score (nSPS) is 20.8. The number of aliphatic imine (C=N–C) groups is 1. The molecule has 1 saturated heterocycles. The van der Waals surface area contributed by atoms with E-state index in [1.807, 2.05) is 0 Å². The molecule has 1 aromatic rings. The summed E-state index contributed by atoms with van der Waals surface area (Å²) in [5.41, 5.74) is -2.89. The SMILES string of the molecule is CCOC(=O)/C(C=NC1(CO)CCOC1)=C(\O)c1cc(F)c(F)c(F)c1F. The van der Waals surface area contributed by atoms with Crippen molar-refractivity contribution in [3.05, 3.63) is 40.5 Å². The number of rotatable bonds is 6. The van der Waals surface area contributed by atoms with Gasteiger partial charge in [0.15, 0.2) is 23.3 Å². The molecule has 0 aliphatic carbocycles. The van der Waals surface area contributed by atoms with Crippen molar-refractivity contribution in [3.8, 4) is 0 Å². The van der Waals surface area contributed by atoms with Gasteiger partial charge in [-0.05, 0) is 13.0 Å². The van der Waals surface area contributed by atoms with Gasteiger partial charge in [0.2, 0.25) is 0 Å². The second-order valence-electron chi connectivity index (χ2n) is 5.77. The summed E-state index contributed by atoms with van der Waals surface area (Å²) in [5, 5.41) is 19.7. The first-order valence-electron chi connectivity index (χ1n) is 7.94. The lowest BCUT2D eigenvalue weighted by Gasteiger charge is -2.19. The Balaban J connectivity index is 2.57. The van der Waals surface area contributed by atoms with Gasteiger partial charge in [-0.25, -0.2) is 22.4 Å². The zero-order valence-corrected chi connectivity index (χ0v) is 14.3. The molecule has 0 aromatic heterocycles. The number of carbonyl (C=O) groups is 1. The number of ether oxygens (including phenoxy) is 2. The average Bonchev–Trinajstić information content (AvgIpc) is 3.12. The second kappa shape index (κ2) is 8.49. The van der Waals surface area contributed by atoms with E-state index in [2.05, 4.69) is 4.99 Å². The summed E-state index contributed by atoms with van der Waals surface area (Å²) in [6, 6.07) is 0.205. The molecule has 2 rings (SSSR count). The number of aliphatic hydroxyl groups is 2. The van der Waals surface area contributed by atoms with Crippen molar-refractivity contribution in [1.29, 1.82) is 0 Å². The zero-order valence-electron chi connectivity index (χ0n) is 14.3. The Labute approximate surface area is 151 Å². The molecule has 0 spiro atoms. The van der Waals surface area contributed by atoms with E-state index >= 15 is 0 Å². The highest BCUT2D eigenvalue weighted by Crippen LogP contribution is 2.27. The van der Waals surface area contributed by atoms with Gasteiger partial charge in [0, 0.05) is 19.2 Å². The van der Waals surface area contributed by atoms with Gasteiger partial charge in [0.1, 0.15) is 16.9 Å². The molecular weight excluding hydrogens is 374 g/mol. The smallest absolute Gasteiger partial charge is 0.343 e. The predicted molar refractivity (Wildman–Crippen MR) is 86.2 cm³/mol. The summed E-state index contributed by atoms with van der Waals surface area (Å²) in [4.78, 5) is 16.1. The first-order chi connectivity index (χ1) is 12.8. The molecule has 1 fully saturated rings. The molecule has 10 heteroatoms. The number of esters is 1. The summed E-state index contributed by atoms with van der Waals surface area (Å²) in [7, 11) is 0. The minimum atomic E-state index is -2.15. The average molecular weight is 391 g/mol. The Hall–Kier alpha value is -2.46. The maximum Gasteiger partial charge on any atom is 0.343 e. The molecule has 6 nitrogen and oxygen atoms in total. The molecule has 148 valence electrons. The van der Waals surface area contributed by atoms with Crippen LogP contribution in [0.3, 0.4) is 0 Å². The minimum Gasteiger partial charge on any atom is -0.506 e. The Bertz CT molecular complexity index is 788. The van der Waals surface area contributed by atoms with E-state index in [0.717, 1.165) is 6.21 Å². The maximum absolute atomic E-state index is 14.0. The van der Waals surface area contributed by atoms with Crippen molar-refractivity contribution in [2.24, 2.45) is 4.99 Å². The first kappa shape index (κ1) is 20.8. The van der Waals surface area contributed by atoms with Crippen molar-refractivity contribution < 1.29 is 42.0 Å². The third-order valence-corrected chi connectivity index (χ3v) is 3.95. The Morgan fingerprint density at radius 3 is 2.59 bits per heavy atom. The van der Waals surface area contributed by atoms with Gasteiger partial charge in [0.25, 0.3) is 0 Å². The molecule has 1 aliphatic heterocycles. The van der Waals surface area contributed by atoms with Crippen LogP contribution in [0.25, 0.3) is 5.76 Å². The Kier molecular flexibility index (Phi) is 6.55. The standard InChI is InChI=1S/C17H17F4NO5/c1-2-27-16(25)10(6-22-17(7-23)3-4-26-8-17)15(24)9-5-11(18)13(20)14(21)12(9)19/h5-6,23-24H,2-4,7-8H2,1H3/b15-10-,22-6?. The lowest BCUT2D eigenvalue weighted by atomic mass is 10.0. The monoisotopic (exact) mass is 391 g/mol. The van der Waals surface area contributed by atoms with Gasteiger partial charge in [-0.15, -0.1) is 0 Å². The number of hydrogen-bond donors (Lipinski definition) is 2. The van der Waals surface area contributed by atoms with Crippen LogP contribution in [-0.4, -0.2) is 54.4 Å². The fourth-order valence-corrected chi connectivity index (χ4v) is 2.37. The molecule has 0 radical (unpaired) electrons. The number of carbonyl (C=O) groups excluding carboxylic acids is 1. The largest absolute Gasteiger partial charge is 0.506 e. The van der Waals surface area contributed by atoms with Crippen LogP contribution in [0.2, 0.25) is 0 Å². The summed E-state index contributed by atoms with van der Waals surface area (Å²) in [6.07, 6.45) is 1.11. The molecule has 0 amide bonds. The molecule has 0 bridgehead atoms. The number of hydrogen-bond acceptors (Lipinski definition) is 6. The van der Waals surface area contributed by atoms with Gasteiger partial charge in [0.05, 0.1) is 25.4 Å². The van der Waals surface area contributed by atoms with E-state index in [0.29, 0.717) is 13.0 Å². The molecule has 1 atom stereocenters. The van der Waals surface area contributed by atoms with E-state index in [1.165, 1.54) is 6.92 Å². The lowest BCUT2D eigenvalue weighted by molar-refractivity contribution is -0.137. The van der Waals surface area contributed by atoms with Gasteiger partial charge >= 0.3 is 5.97 Å². The van der Waals surface area contributed by atoms with Gasteiger partial charge in [-0.1, -0.05) is 0 Å². The first-order valence-corrected chi connectivity index (χ1v) is 7.94. The minimum absolute atomic E-state index is 0.0328. The second-order valence-corrected chi connectivity index (χ2v) is 5.77. The lowest BCUT2D eigenvalue weighted by Crippen LogP contribution is -2.32. The Morgan fingerprint density at radius 2 is 2.04 bits per heavy atom. The van der Waals surface area contributed by atoms with Gasteiger partial charge < -0.3 is 19.7 Å². The molecule has 0 saturated carbocycles. The zero-order chi connectivity index (χ0) is 20.2. The van der Waals surface area contributed by atoms with E-state index in [-0.39, 0.29) is 19.3 Å². The highest BCUT2D eigenvalue weighted by molar-refractivity contribution is 6.15. The van der Waals surface area contributed by atoms with Crippen LogP contribution < -0.4 is 0 Å². The van der Waals surface area contributed by atoms with E-state index in [1.54, 1.807) is 0 Å². The third kappa shape index (κ3) is 4.28. The van der Waals surface area contributed by atoms with Crippen LogP contribution in [-0.2, 0) is 14.3 Å². The number of benzene rings is 1. The third-order valence-electron chi connectivity index (χ3n) is 3.95. The molecule has 27 heavy (non-hydrogen) atoms. The van der Waals surface area contributed by atoms with Crippen LogP contribution in [0.4, 0.5) is 17.6 Å². The van der Waals surface area contributed by atoms with Crippen molar-refractivity contribution in [3.63, 3.8) is 0 Å². The van der Waals surface area contributed by atoms with Gasteiger partial charge in [-0.2, -0.15) is 0 Å².